The van der Waals surface area contributed by atoms with E-state index in [2.05, 4.69) is 10.2 Å². The molecule has 1 aliphatic rings. The Labute approximate surface area is 111 Å². The van der Waals surface area contributed by atoms with E-state index in [9.17, 15) is 10.1 Å². The number of piperazine rings is 1. The van der Waals surface area contributed by atoms with Gasteiger partial charge in [0, 0.05) is 39.2 Å². The highest BCUT2D eigenvalue weighted by Crippen LogP contribution is 2.27. The third-order valence-corrected chi connectivity index (χ3v) is 2.54. The molecule has 0 saturated carbocycles. The molecule has 1 fully saturated rings. The number of carboxylic acids is 1. The second-order valence-corrected chi connectivity index (χ2v) is 4.00. The smallest absolute Gasteiger partial charge is 0.300 e. The summed E-state index contributed by atoms with van der Waals surface area (Å²) in [5, 5.41) is 21.5. The van der Waals surface area contributed by atoms with Crippen molar-refractivity contribution in [1.29, 1.82) is 0 Å². The van der Waals surface area contributed by atoms with E-state index in [1.54, 1.807) is 12.1 Å². The standard InChI is InChI=1S/C10H13N3O2.C2H4O2/c14-13(15)10-4-2-1-3-9(10)12-7-5-11-6-8-12;1-2(3)4/h1-4,11H,5-8H2;1H3,(H,3,4). The van der Waals surface area contributed by atoms with Crippen molar-refractivity contribution < 1.29 is 14.8 Å². The molecule has 1 heterocycles. The lowest BCUT2D eigenvalue weighted by Crippen LogP contribution is -2.43. The maximum absolute atomic E-state index is 10.8. The molecular weight excluding hydrogens is 250 g/mol. The second-order valence-electron chi connectivity index (χ2n) is 4.00. The lowest BCUT2D eigenvalue weighted by Gasteiger charge is -2.28. The molecule has 1 aromatic carbocycles. The van der Waals surface area contributed by atoms with Gasteiger partial charge in [0.1, 0.15) is 5.69 Å². The van der Waals surface area contributed by atoms with E-state index < -0.39 is 5.97 Å². The van der Waals surface area contributed by atoms with Crippen LogP contribution in [0.5, 0.6) is 0 Å². The van der Waals surface area contributed by atoms with Gasteiger partial charge in [0.15, 0.2) is 0 Å². The molecule has 0 aromatic heterocycles. The van der Waals surface area contributed by atoms with Crippen LogP contribution in [0.1, 0.15) is 6.92 Å². The number of carboxylic acid groups (broad SMARTS) is 1. The average molecular weight is 267 g/mol. The van der Waals surface area contributed by atoms with Gasteiger partial charge in [-0.05, 0) is 6.07 Å². The fourth-order valence-electron chi connectivity index (χ4n) is 1.79. The summed E-state index contributed by atoms with van der Waals surface area (Å²) in [5.74, 6) is -0.833. The summed E-state index contributed by atoms with van der Waals surface area (Å²) in [6.07, 6.45) is 0. The summed E-state index contributed by atoms with van der Waals surface area (Å²) in [5.41, 5.74) is 0.920. The van der Waals surface area contributed by atoms with E-state index in [1.807, 2.05) is 12.1 Å². The Morgan fingerprint density at radius 3 is 2.42 bits per heavy atom. The molecule has 0 aliphatic carbocycles. The molecule has 0 radical (unpaired) electrons. The van der Waals surface area contributed by atoms with Gasteiger partial charge in [-0.15, -0.1) is 0 Å². The quantitative estimate of drug-likeness (QED) is 0.615. The average Bonchev–Trinajstić information content (AvgIpc) is 2.39. The van der Waals surface area contributed by atoms with Crippen LogP contribution in [0.3, 0.4) is 0 Å². The zero-order valence-corrected chi connectivity index (χ0v) is 10.7. The molecular formula is C12H17N3O4. The number of carbonyl (C=O) groups is 1. The van der Waals surface area contributed by atoms with E-state index >= 15 is 0 Å². The van der Waals surface area contributed by atoms with Crippen LogP contribution in [-0.4, -0.2) is 42.2 Å². The largest absolute Gasteiger partial charge is 0.481 e. The Bertz CT molecular complexity index is 440. The predicted molar refractivity (Wildman–Crippen MR) is 71.5 cm³/mol. The number of nitro groups is 1. The Kier molecular flexibility index (Phi) is 5.74. The molecule has 0 spiro atoms. The van der Waals surface area contributed by atoms with Crippen molar-refractivity contribution in [2.24, 2.45) is 0 Å². The molecule has 0 amide bonds. The second kappa shape index (κ2) is 7.32. The molecule has 0 bridgehead atoms. The van der Waals surface area contributed by atoms with E-state index in [-0.39, 0.29) is 10.6 Å². The number of benzene rings is 1. The summed E-state index contributed by atoms with van der Waals surface area (Å²) in [7, 11) is 0. The fourth-order valence-corrected chi connectivity index (χ4v) is 1.79. The van der Waals surface area contributed by atoms with Gasteiger partial charge >= 0.3 is 0 Å². The minimum atomic E-state index is -0.833. The van der Waals surface area contributed by atoms with Crippen molar-refractivity contribution in [3.63, 3.8) is 0 Å². The maximum atomic E-state index is 10.8. The first-order valence-electron chi connectivity index (χ1n) is 5.91. The highest BCUT2D eigenvalue weighted by molar-refractivity contribution is 5.63. The first-order valence-corrected chi connectivity index (χ1v) is 5.91. The van der Waals surface area contributed by atoms with Gasteiger partial charge in [-0.3, -0.25) is 14.9 Å². The highest BCUT2D eigenvalue weighted by atomic mass is 16.6. The molecule has 1 saturated heterocycles. The van der Waals surface area contributed by atoms with E-state index in [1.165, 1.54) is 0 Å². The number of aliphatic carboxylic acids is 1. The van der Waals surface area contributed by atoms with Gasteiger partial charge in [0.2, 0.25) is 0 Å². The van der Waals surface area contributed by atoms with Crippen LogP contribution < -0.4 is 10.2 Å². The minimum Gasteiger partial charge on any atom is -0.481 e. The van der Waals surface area contributed by atoms with Gasteiger partial charge in [-0.1, -0.05) is 12.1 Å². The Balaban J connectivity index is 0.000000399. The molecule has 1 aromatic rings. The van der Waals surface area contributed by atoms with Crippen molar-refractivity contribution in [3.8, 4) is 0 Å². The number of para-hydroxylation sites is 2. The lowest BCUT2D eigenvalue weighted by molar-refractivity contribution is -0.384. The molecule has 2 rings (SSSR count). The van der Waals surface area contributed by atoms with Crippen LogP contribution in [-0.2, 0) is 4.79 Å². The normalized spacial score (nSPS) is 14.3. The third-order valence-electron chi connectivity index (χ3n) is 2.54. The summed E-state index contributed by atoms with van der Waals surface area (Å²) >= 11 is 0. The van der Waals surface area contributed by atoms with Gasteiger partial charge in [0.05, 0.1) is 4.92 Å². The van der Waals surface area contributed by atoms with Crippen molar-refractivity contribution in [2.45, 2.75) is 6.92 Å². The van der Waals surface area contributed by atoms with Crippen molar-refractivity contribution >= 4 is 17.3 Å². The van der Waals surface area contributed by atoms with Crippen LogP contribution in [0.25, 0.3) is 0 Å². The van der Waals surface area contributed by atoms with Gasteiger partial charge in [0.25, 0.3) is 11.7 Å². The van der Waals surface area contributed by atoms with Gasteiger partial charge in [-0.2, -0.15) is 0 Å². The number of nitrogens with zero attached hydrogens (tertiary/aromatic N) is 2. The van der Waals surface area contributed by atoms with Crippen LogP contribution in [0.4, 0.5) is 11.4 Å². The first kappa shape index (κ1) is 14.9. The molecule has 0 unspecified atom stereocenters. The Morgan fingerprint density at radius 1 is 1.37 bits per heavy atom. The van der Waals surface area contributed by atoms with Crippen LogP contribution in [0.15, 0.2) is 24.3 Å². The van der Waals surface area contributed by atoms with Crippen LogP contribution in [0, 0.1) is 10.1 Å². The maximum Gasteiger partial charge on any atom is 0.300 e. The van der Waals surface area contributed by atoms with Crippen molar-refractivity contribution in [2.75, 3.05) is 31.1 Å². The summed E-state index contributed by atoms with van der Waals surface area (Å²) in [6, 6.07) is 6.90. The topological polar surface area (TPSA) is 95.7 Å². The van der Waals surface area contributed by atoms with Gasteiger partial charge in [-0.25, -0.2) is 0 Å². The minimum absolute atomic E-state index is 0.194. The van der Waals surface area contributed by atoms with Crippen LogP contribution in [0.2, 0.25) is 0 Å². The van der Waals surface area contributed by atoms with E-state index in [4.69, 9.17) is 9.90 Å². The Hall–Kier alpha value is -2.15. The number of hydrogen-bond acceptors (Lipinski definition) is 5. The molecule has 7 nitrogen and oxygen atoms in total. The zero-order valence-electron chi connectivity index (χ0n) is 10.7. The molecule has 19 heavy (non-hydrogen) atoms. The third kappa shape index (κ3) is 4.92. The fraction of sp³-hybridized carbons (Fsp3) is 0.417. The number of hydrogen-bond donors (Lipinski definition) is 2. The SMILES string of the molecule is CC(=O)O.O=[N+]([O-])c1ccccc1N1CCNCC1. The Morgan fingerprint density at radius 2 is 1.89 bits per heavy atom. The summed E-state index contributed by atoms with van der Waals surface area (Å²) < 4.78 is 0. The van der Waals surface area contributed by atoms with E-state index in [0.29, 0.717) is 0 Å². The molecule has 1 aliphatic heterocycles. The number of rotatable bonds is 2. The monoisotopic (exact) mass is 267 g/mol. The van der Waals surface area contributed by atoms with E-state index in [0.717, 1.165) is 38.8 Å². The number of anilines is 1. The lowest BCUT2D eigenvalue weighted by atomic mass is 10.2. The van der Waals surface area contributed by atoms with Gasteiger partial charge < -0.3 is 15.3 Å². The van der Waals surface area contributed by atoms with Crippen LogP contribution >= 0.6 is 0 Å². The highest BCUT2D eigenvalue weighted by Gasteiger charge is 2.19. The summed E-state index contributed by atoms with van der Waals surface area (Å²) in [4.78, 5) is 21.6. The molecule has 104 valence electrons. The molecule has 2 N–H and O–H groups in total. The van der Waals surface area contributed by atoms with Crippen molar-refractivity contribution in [1.82, 2.24) is 5.32 Å². The predicted octanol–water partition coefficient (Wildman–Crippen LogP) is 1.10. The molecule has 7 heteroatoms. The zero-order chi connectivity index (χ0) is 14.3. The number of nitro benzene ring substituents is 1. The number of nitrogens with one attached hydrogen (secondary N) is 1. The molecule has 0 atom stereocenters. The first-order chi connectivity index (χ1) is 9.02. The van der Waals surface area contributed by atoms with Crippen molar-refractivity contribution in [3.05, 3.63) is 34.4 Å². The summed E-state index contributed by atoms with van der Waals surface area (Å²) in [6.45, 7) is 4.49.